The lowest BCUT2D eigenvalue weighted by atomic mass is 10.2. The van der Waals surface area contributed by atoms with E-state index in [2.05, 4.69) is 15.5 Å². The summed E-state index contributed by atoms with van der Waals surface area (Å²) in [5.41, 5.74) is 1.88. The minimum Gasteiger partial charge on any atom is -0.374 e. The lowest BCUT2D eigenvalue weighted by Gasteiger charge is -2.33. The Kier molecular flexibility index (Phi) is 7.88. The molecule has 5 nitrogen and oxygen atoms in total. The number of benzene rings is 2. The van der Waals surface area contributed by atoms with Gasteiger partial charge in [-0.3, -0.25) is 4.90 Å². The normalized spacial score (nSPS) is 17.3. The summed E-state index contributed by atoms with van der Waals surface area (Å²) in [6.45, 7) is 3.42. The quantitative estimate of drug-likeness (QED) is 0.638. The van der Waals surface area contributed by atoms with Crippen molar-refractivity contribution in [1.82, 2.24) is 10.2 Å². The van der Waals surface area contributed by atoms with E-state index in [4.69, 9.17) is 27.9 Å². The Morgan fingerprint density at radius 1 is 1.25 bits per heavy atom. The number of morpholine rings is 1. The van der Waals surface area contributed by atoms with Crippen LogP contribution >= 0.6 is 35.0 Å². The molecule has 1 fully saturated rings. The highest BCUT2D eigenvalue weighted by Crippen LogP contribution is 2.23. The number of rotatable bonds is 6. The monoisotopic (exact) mass is 439 g/mol. The van der Waals surface area contributed by atoms with Crippen LogP contribution in [-0.4, -0.2) is 49.5 Å². The third kappa shape index (κ3) is 6.29. The van der Waals surface area contributed by atoms with Crippen molar-refractivity contribution in [2.24, 2.45) is 0 Å². The van der Waals surface area contributed by atoms with Crippen molar-refractivity contribution in [3.63, 3.8) is 0 Å². The number of urea groups is 1. The first-order valence-corrected chi connectivity index (χ1v) is 11.0. The summed E-state index contributed by atoms with van der Waals surface area (Å²) in [6, 6.07) is 13.2. The summed E-state index contributed by atoms with van der Waals surface area (Å²) in [4.78, 5) is 15.6. The number of carbonyl (C=O) groups is 1. The van der Waals surface area contributed by atoms with Gasteiger partial charge in [0.2, 0.25) is 0 Å². The average Bonchev–Trinajstić information content (AvgIpc) is 2.70. The minimum atomic E-state index is -0.233. The third-order valence-electron chi connectivity index (χ3n) is 4.43. The van der Waals surface area contributed by atoms with Crippen molar-refractivity contribution in [2.45, 2.75) is 17.5 Å². The second kappa shape index (κ2) is 10.4. The van der Waals surface area contributed by atoms with E-state index in [0.29, 0.717) is 23.2 Å². The highest BCUT2D eigenvalue weighted by atomic mass is 35.5. The molecular formula is C20H23Cl2N3O2S. The maximum atomic E-state index is 12.2. The summed E-state index contributed by atoms with van der Waals surface area (Å²) in [5, 5.41) is 6.87. The van der Waals surface area contributed by atoms with Gasteiger partial charge in [-0.1, -0.05) is 35.3 Å². The SMILES string of the molecule is CSc1cccc(NC(=O)NCC2CN(Cc3ccc(Cl)c(Cl)c3)CCO2)c1. The fourth-order valence-corrected chi connectivity index (χ4v) is 3.81. The molecule has 2 aromatic carbocycles. The number of hydrogen-bond donors (Lipinski definition) is 2. The van der Waals surface area contributed by atoms with Crippen LogP contribution in [0.1, 0.15) is 5.56 Å². The van der Waals surface area contributed by atoms with Crippen molar-refractivity contribution in [2.75, 3.05) is 37.8 Å². The molecule has 1 heterocycles. The second-order valence-electron chi connectivity index (χ2n) is 6.54. The Morgan fingerprint density at radius 3 is 2.89 bits per heavy atom. The maximum Gasteiger partial charge on any atom is 0.319 e. The molecule has 0 aromatic heterocycles. The van der Waals surface area contributed by atoms with Crippen LogP contribution in [0.4, 0.5) is 10.5 Å². The molecule has 0 bridgehead atoms. The second-order valence-corrected chi connectivity index (χ2v) is 8.24. The van der Waals surface area contributed by atoms with E-state index in [0.717, 1.165) is 35.8 Å². The molecular weight excluding hydrogens is 417 g/mol. The predicted molar refractivity (Wildman–Crippen MR) is 117 cm³/mol. The van der Waals surface area contributed by atoms with Crippen molar-refractivity contribution in [3.05, 3.63) is 58.1 Å². The van der Waals surface area contributed by atoms with Crippen molar-refractivity contribution >= 4 is 46.7 Å². The Bertz CT molecular complexity index is 822. The number of hydrogen-bond acceptors (Lipinski definition) is 4. The minimum absolute atomic E-state index is 0.0557. The third-order valence-corrected chi connectivity index (χ3v) is 5.90. The molecule has 0 saturated carbocycles. The lowest BCUT2D eigenvalue weighted by molar-refractivity contribution is -0.0285. The molecule has 2 aromatic rings. The van der Waals surface area contributed by atoms with E-state index in [-0.39, 0.29) is 12.1 Å². The zero-order valence-corrected chi connectivity index (χ0v) is 17.9. The molecule has 0 radical (unpaired) electrons. The Balaban J connectivity index is 1.46. The summed E-state index contributed by atoms with van der Waals surface area (Å²) < 4.78 is 5.79. The fraction of sp³-hybridized carbons (Fsp3) is 0.350. The van der Waals surface area contributed by atoms with Crippen LogP contribution in [-0.2, 0) is 11.3 Å². The van der Waals surface area contributed by atoms with Crippen molar-refractivity contribution < 1.29 is 9.53 Å². The van der Waals surface area contributed by atoms with Gasteiger partial charge in [0.1, 0.15) is 0 Å². The van der Waals surface area contributed by atoms with E-state index >= 15 is 0 Å². The summed E-state index contributed by atoms with van der Waals surface area (Å²) in [5.74, 6) is 0. The van der Waals surface area contributed by atoms with Gasteiger partial charge in [-0.05, 0) is 42.2 Å². The highest BCUT2D eigenvalue weighted by Gasteiger charge is 2.21. The van der Waals surface area contributed by atoms with Gasteiger partial charge in [0.05, 0.1) is 22.8 Å². The number of nitrogens with zero attached hydrogens (tertiary/aromatic N) is 1. The standard InChI is InChI=1S/C20H23Cl2N3O2S/c1-28-17-4-2-3-15(10-17)24-20(26)23-11-16-13-25(7-8-27-16)12-14-5-6-18(21)19(22)9-14/h2-6,9-10,16H,7-8,11-13H2,1H3,(H2,23,24,26). The Labute approximate surface area is 179 Å². The largest absolute Gasteiger partial charge is 0.374 e. The smallest absolute Gasteiger partial charge is 0.319 e. The van der Waals surface area contributed by atoms with Crippen LogP contribution in [0.2, 0.25) is 10.0 Å². The molecule has 2 N–H and O–H groups in total. The molecule has 0 spiro atoms. The molecule has 8 heteroatoms. The first-order chi connectivity index (χ1) is 13.5. The molecule has 2 amide bonds. The molecule has 150 valence electrons. The maximum absolute atomic E-state index is 12.2. The van der Waals surface area contributed by atoms with Gasteiger partial charge in [-0.2, -0.15) is 0 Å². The molecule has 1 saturated heterocycles. The molecule has 1 unspecified atom stereocenters. The topological polar surface area (TPSA) is 53.6 Å². The zero-order valence-electron chi connectivity index (χ0n) is 15.6. The van der Waals surface area contributed by atoms with Crippen molar-refractivity contribution in [3.8, 4) is 0 Å². The van der Waals surface area contributed by atoms with E-state index in [9.17, 15) is 4.79 Å². The number of halogens is 2. The predicted octanol–water partition coefficient (Wildman–Crippen LogP) is 4.74. The van der Waals surface area contributed by atoms with E-state index < -0.39 is 0 Å². The van der Waals surface area contributed by atoms with Crippen molar-refractivity contribution in [1.29, 1.82) is 0 Å². The molecule has 1 atom stereocenters. The van der Waals surface area contributed by atoms with Crippen LogP contribution < -0.4 is 10.6 Å². The van der Waals surface area contributed by atoms with Gasteiger partial charge < -0.3 is 15.4 Å². The number of anilines is 1. The summed E-state index contributed by atoms with van der Waals surface area (Å²) in [7, 11) is 0. The summed E-state index contributed by atoms with van der Waals surface area (Å²) in [6.07, 6.45) is 1.95. The van der Waals surface area contributed by atoms with E-state index in [1.807, 2.05) is 48.7 Å². The summed E-state index contributed by atoms with van der Waals surface area (Å²) >= 11 is 13.7. The molecule has 28 heavy (non-hydrogen) atoms. The molecule has 0 aliphatic carbocycles. The Morgan fingerprint density at radius 2 is 2.11 bits per heavy atom. The van der Waals surface area contributed by atoms with Gasteiger partial charge in [0.15, 0.2) is 0 Å². The van der Waals surface area contributed by atoms with Gasteiger partial charge in [-0.25, -0.2) is 4.79 Å². The first-order valence-electron chi connectivity index (χ1n) is 9.00. The van der Waals surface area contributed by atoms with Crippen LogP contribution in [0.3, 0.4) is 0 Å². The van der Waals surface area contributed by atoms with Gasteiger partial charge in [0.25, 0.3) is 0 Å². The average molecular weight is 440 g/mol. The molecule has 1 aliphatic rings. The van der Waals surface area contributed by atoms with E-state index in [1.54, 1.807) is 11.8 Å². The van der Waals surface area contributed by atoms with Crippen LogP contribution in [0.25, 0.3) is 0 Å². The van der Waals surface area contributed by atoms with Crippen LogP contribution in [0, 0.1) is 0 Å². The van der Waals surface area contributed by atoms with E-state index in [1.165, 1.54) is 0 Å². The van der Waals surface area contributed by atoms with Crippen LogP contribution in [0.5, 0.6) is 0 Å². The Hall–Kier alpha value is -1.44. The fourth-order valence-electron chi connectivity index (χ4n) is 3.03. The van der Waals surface area contributed by atoms with Crippen LogP contribution in [0.15, 0.2) is 47.4 Å². The molecule has 3 rings (SSSR count). The lowest BCUT2D eigenvalue weighted by Crippen LogP contribution is -2.47. The number of carbonyl (C=O) groups excluding carboxylic acids is 1. The zero-order chi connectivity index (χ0) is 19.9. The number of amides is 2. The molecule has 1 aliphatic heterocycles. The van der Waals surface area contributed by atoms with Gasteiger partial charge >= 0.3 is 6.03 Å². The van der Waals surface area contributed by atoms with Gasteiger partial charge in [-0.15, -0.1) is 11.8 Å². The number of ether oxygens (including phenoxy) is 1. The number of thioether (sulfide) groups is 1. The van der Waals surface area contributed by atoms with Gasteiger partial charge in [0, 0.05) is 36.8 Å². The highest BCUT2D eigenvalue weighted by molar-refractivity contribution is 7.98. The first kappa shape index (κ1) is 21.3. The number of nitrogens with one attached hydrogen (secondary N) is 2.